The third-order valence-corrected chi connectivity index (χ3v) is 2.75. The highest BCUT2D eigenvalue weighted by atomic mass is 16.5. The highest BCUT2D eigenvalue weighted by Crippen LogP contribution is 2.20. The van der Waals surface area contributed by atoms with Crippen molar-refractivity contribution >= 4 is 11.8 Å². The number of aliphatic carboxylic acids is 1. The van der Waals surface area contributed by atoms with Crippen LogP contribution in [0, 0.1) is 0 Å². The number of carboxylic acids is 1. The molecule has 0 amide bonds. The van der Waals surface area contributed by atoms with E-state index in [-0.39, 0.29) is 12.2 Å². The smallest absolute Gasteiger partial charge is 0.303 e. The first-order valence-electron chi connectivity index (χ1n) is 6.15. The molecule has 1 aromatic rings. The van der Waals surface area contributed by atoms with Crippen LogP contribution in [0.15, 0.2) is 18.2 Å². The van der Waals surface area contributed by atoms with Crippen molar-refractivity contribution in [3.05, 3.63) is 29.3 Å². The van der Waals surface area contributed by atoms with Gasteiger partial charge < -0.3 is 15.2 Å². The highest BCUT2D eigenvalue weighted by molar-refractivity contribution is 5.94. The summed E-state index contributed by atoms with van der Waals surface area (Å²) in [6.45, 7) is 2.68. The third kappa shape index (κ3) is 5.09. The van der Waals surface area contributed by atoms with Gasteiger partial charge >= 0.3 is 5.97 Å². The van der Waals surface area contributed by atoms with Gasteiger partial charge in [-0.15, -0.1) is 0 Å². The molecule has 1 rings (SSSR count). The summed E-state index contributed by atoms with van der Waals surface area (Å²) >= 11 is 0. The molecule has 0 saturated heterocycles. The molecule has 0 aliphatic rings. The Kier molecular flexibility index (Phi) is 6.02. The molecule has 5 nitrogen and oxygen atoms in total. The van der Waals surface area contributed by atoms with E-state index in [0.29, 0.717) is 25.1 Å². The molecule has 104 valence electrons. The second-order valence-electron chi connectivity index (χ2n) is 4.26. The fourth-order valence-corrected chi connectivity index (χ4v) is 1.72. The number of ether oxygens (including phenoxy) is 1. The van der Waals surface area contributed by atoms with Gasteiger partial charge in [-0.2, -0.15) is 0 Å². The van der Waals surface area contributed by atoms with Crippen molar-refractivity contribution in [1.29, 1.82) is 0 Å². The summed E-state index contributed by atoms with van der Waals surface area (Å²) in [6, 6.07) is 5.30. The van der Waals surface area contributed by atoms with Gasteiger partial charge in [-0.3, -0.25) is 9.59 Å². The Morgan fingerprint density at radius 2 is 2.11 bits per heavy atom. The summed E-state index contributed by atoms with van der Waals surface area (Å²) in [4.78, 5) is 21.7. The lowest BCUT2D eigenvalue weighted by Crippen LogP contribution is -2.16. The molecule has 19 heavy (non-hydrogen) atoms. The molecule has 0 radical (unpaired) electrons. The minimum Gasteiger partial charge on any atom is -0.496 e. The van der Waals surface area contributed by atoms with E-state index in [9.17, 15) is 9.59 Å². The highest BCUT2D eigenvalue weighted by Gasteiger charge is 2.07. The van der Waals surface area contributed by atoms with Gasteiger partial charge in [-0.1, -0.05) is 0 Å². The molecule has 0 saturated carbocycles. The lowest BCUT2D eigenvalue weighted by Gasteiger charge is -2.10. The second kappa shape index (κ2) is 7.53. The van der Waals surface area contributed by atoms with E-state index in [0.717, 1.165) is 11.3 Å². The molecule has 0 unspecified atom stereocenters. The van der Waals surface area contributed by atoms with Crippen LogP contribution in [0.2, 0.25) is 0 Å². The Morgan fingerprint density at radius 1 is 1.37 bits per heavy atom. The van der Waals surface area contributed by atoms with Crippen molar-refractivity contribution in [1.82, 2.24) is 5.32 Å². The number of ketones is 1. The average Bonchev–Trinajstić information content (AvgIpc) is 2.37. The summed E-state index contributed by atoms with van der Waals surface area (Å²) in [7, 11) is 1.58. The number of hydrogen-bond acceptors (Lipinski definition) is 4. The zero-order valence-electron chi connectivity index (χ0n) is 11.2. The number of hydrogen-bond donors (Lipinski definition) is 2. The molecule has 0 aliphatic carbocycles. The molecule has 0 fully saturated rings. The van der Waals surface area contributed by atoms with Crippen molar-refractivity contribution in [2.24, 2.45) is 0 Å². The van der Waals surface area contributed by atoms with Crippen molar-refractivity contribution in [3.8, 4) is 5.75 Å². The summed E-state index contributed by atoms with van der Waals surface area (Å²) in [5, 5.41) is 11.7. The summed E-state index contributed by atoms with van der Waals surface area (Å²) in [5.74, 6) is -0.0662. The van der Waals surface area contributed by atoms with E-state index in [1.165, 1.54) is 6.92 Å². The average molecular weight is 265 g/mol. The molecular weight excluding hydrogens is 246 g/mol. The number of Topliss-reactive ketones (excluding diaryl/α,β-unsaturated/α-hetero) is 1. The van der Waals surface area contributed by atoms with Gasteiger partial charge in [-0.05, 0) is 38.1 Å². The maximum absolute atomic E-state index is 11.3. The molecule has 0 bridgehead atoms. The van der Waals surface area contributed by atoms with Gasteiger partial charge in [0.15, 0.2) is 5.78 Å². The molecule has 5 heteroatoms. The Bertz CT molecular complexity index is 457. The normalized spacial score (nSPS) is 10.2. The SMILES string of the molecule is COc1ccc(C(C)=O)cc1CNCCCC(=O)O. The first-order chi connectivity index (χ1) is 9.04. The maximum atomic E-state index is 11.3. The quantitative estimate of drug-likeness (QED) is 0.554. The maximum Gasteiger partial charge on any atom is 0.303 e. The fraction of sp³-hybridized carbons (Fsp3) is 0.429. The number of benzene rings is 1. The van der Waals surface area contributed by atoms with E-state index < -0.39 is 5.97 Å². The number of carbonyl (C=O) groups excluding carboxylic acids is 1. The standard InChI is InChI=1S/C14H19NO4/c1-10(16)11-5-6-13(19-2)12(8-11)9-15-7-3-4-14(17)18/h5-6,8,15H,3-4,7,9H2,1-2H3,(H,17,18). The lowest BCUT2D eigenvalue weighted by atomic mass is 10.1. The molecular formula is C14H19NO4. The van der Waals surface area contributed by atoms with Crippen LogP contribution in [0.4, 0.5) is 0 Å². The van der Waals surface area contributed by atoms with Crippen molar-refractivity contribution in [2.45, 2.75) is 26.3 Å². The number of nitrogens with one attached hydrogen (secondary N) is 1. The Balaban J connectivity index is 2.57. The molecule has 2 N–H and O–H groups in total. The monoisotopic (exact) mass is 265 g/mol. The topological polar surface area (TPSA) is 75.6 Å². The van der Waals surface area contributed by atoms with E-state index in [1.807, 2.05) is 0 Å². The first kappa shape index (κ1) is 15.2. The van der Waals surface area contributed by atoms with E-state index in [1.54, 1.807) is 25.3 Å². The minimum atomic E-state index is -0.794. The number of methoxy groups -OCH3 is 1. The van der Waals surface area contributed by atoms with Crippen molar-refractivity contribution < 1.29 is 19.4 Å². The van der Waals surface area contributed by atoms with Crippen molar-refractivity contribution in [3.63, 3.8) is 0 Å². The van der Waals surface area contributed by atoms with Crippen LogP contribution in [0.5, 0.6) is 5.75 Å². The zero-order chi connectivity index (χ0) is 14.3. The van der Waals surface area contributed by atoms with Crippen LogP contribution in [-0.4, -0.2) is 30.5 Å². The number of carboxylic acid groups (broad SMARTS) is 1. The third-order valence-electron chi connectivity index (χ3n) is 2.75. The van der Waals surface area contributed by atoms with E-state index in [4.69, 9.17) is 9.84 Å². The summed E-state index contributed by atoms with van der Waals surface area (Å²) in [5.41, 5.74) is 1.54. The van der Waals surface area contributed by atoms with E-state index >= 15 is 0 Å². The summed E-state index contributed by atoms with van der Waals surface area (Å²) in [6.07, 6.45) is 0.724. The minimum absolute atomic E-state index is 0.00906. The molecule has 0 aliphatic heterocycles. The predicted octanol–water partition coefficient (Wildman–Crippen LogP) is 1.85. The molecule has 0 aromatic heterocycles. The van der Waals surface area contributed by atoms with Gasteiger partial charge in [0.05, 0.1) is 7.11 Å². The van der Waals surface area contributed by atoms with E-state index in [2.05, 4.69) is 5.32 Å². The first-order valence-corrected chi connectivity index (χ1v) is 6.15. The zero-order valence-corrected chi connectivity index (χ0v) is 11.2. The van der Waals surface area contributed by atoms with Crippen molar-refractivity contribution in [2.75, 3.05) is 13.7 Å². The predicted molar refractivity (Wildman–Crippen MR) is 71.6 cm³/mol. The van der Waals surface area contributed by atoms with Crippen LogP contribution >= 0.6 is 0 Å². The fourth-order valence-electron chi connectivity index (χ4n) is 1.72. The lowest BCUT2D eigenvalue weighted by molar-refractivity contribution is -0.137. The largest absolute Gasteiger partial charge is 0.496 e. The Hall–Kier alpha value is -1.88. The van der Waals surface area contributed by atoms with Crippen LogP contribution in [-0.2, 0) is 11.3 Å². The van der Waals surface area contributed by atoms with Crippen LogP contribution in [0.3, 0.4) is 0 Å². The molecule has 0 atom stereocenters. The van der Waals surface area contributed by atoms with Gasteiger partial charge in [0.25, 0.3) is 0 Å². The molecule has 1 aromatic carbocycles. The van der Waals surface area contributed by atoms with Gasteiger partial charge in [0.2, 0.25) is 0 Å². The Labute approximate surface area is 112 Å². The van der Waals surface area contributed by atoms with Gasteiger partial charge in [0.1, 0.15) is 5.75 Å². The number of carbonyl (C=O) groups is 2. The summed E-state index contributed by atoms with van der Waals surface area (Å²) < 4.78 is 5.23. The van der Waals surface area contributed by atoms with Crippen LogP contribution < -0.4 is 10.1 Å². The second-order valence-corrected chi connectivity index (χ2v) is 4.26. The Morgan fingerprint density at radius 3 is 2.68 bits per heavy atom. The van der Waals surface area contributed by atoms with Crippen LogP contribution in [0.1, 0.15) is 35.7 Å². The number of rotatable bonds is 8. The van der Waals surface area contributed by atoms with Crippen LogP contribution in [0.25, 0.3) is 0 Å². The van der Waals surface area contributed by atoms with Gasteiger partial charge in [0, 0.05) is 24.1 Å². The molecule has 0 spiro atoms. The van der Waals surface area contributed by atoms with Gasteiger partial charge in [-0.25, -0.2) is 0 Å². The molecule has 0 heterocycles.